The Morgan fingerprint density at radius 2 is 1.97 bits per heavy atom. The summed E-state index contributed by atoms with van der Waals surface area (Å²) in [7, 11) is 0. The van der Waals surface area contributed by atoms with Gasteiger partial charge < -0.3 is 10.1 Å². The first-order chi connectivity index (χ1) is 15.7. The van der Waals surface area contributed by atoms with Gasteiger partial charge in [-0.25, -0.2) is 4.98 Å². The highest BCUT2D eigenvalue weighted by Gasteiger charge is 2.12. The SMILES string of the molecule is Cc1ccc(Cc2cnc(NCCCOc3cccc(CN4CCCC4)c3)[nH]c2=O)cn1. The summed E-state index contributed by atoms with van der Waals surface area (Å²) in [6.07, 6.45) is 7.34. The fourth-order valence-electron chi connectivity index (χ4n) is 3.86. The van der Waals surface area contributed by atoms with Crippen LogP contribution < -0.4 is 15.6 Å². The molecule has 0 radical (unpaired) electrons. The smallest absolute Gasteiger partial charge is 0.255 e. The summed E-state index contributed by atoms with van der Waals surface area (Å²) >= 11 is 0. The Morgan fingerprint density at radius 3 is 2.75 bits per heavy atom. The van der Waals surface area contributed by atoms with Crippen molar-refractivity contribution in [1.29, 1.82) is 0 Å². The molecule has 3 heterocycles. The molecule has 168 valence electrons. The number of hydrogen-bond donors (Lipinski definition) is 2. The van der Waals surface area contributed by atoms with Crippen molar-refractivity contribution < 1.29 is 4.74 Å². The number of likely N-dealkylation sites (tertiary alicyclic amines) is 1. The van der Waals surface area contributed by atoms with Crippen LogP contribution in [-0.2, 0) is 13.0 Å². The number of aromatic amines is 1. The summed E-state index contributed by atoms with van der Waals surface area (Å²) in [6.45, 7) is 6.58. The zero-order chi connectivity index (χ0) is 22.2. The first kappa shape index (κ1) is 22.0. The third-order valence-corrected chi connectivity index (χ3v) is 5.63. The number of aromatic nitrogens is 3. The average Bonchev–Trinajstić information content (AvgIpc) is 3.30. The molecule has 0 bridgehead atoms. The van der Waals surface area contributed by atoms with Crippen molar-refractivity contribution in [1.82, 2.24) is 19.9 Å². The highest BCUT2D eigenvalue weighted by Crippen LogP contribution is 2.17. The van der Waals surface area contributed by atoms with E-state index in [1.54, 1.807) is 12.4 Å². The predicted molar refractivity (Wildman–Crippen MR) is 126 cm³/mol. The van der Waals surface area contributed by atoms with Gasteiger partial charge in [0.1, 0.15) is 5.75 Å². The van der Waals surface area contributed by atoms with E-state index in [-0.39, 0.29) is 5.56 Å². The Morgan fingerprint density at radius 1 is 1.09 bits per heavy atom. The summed E-state index contributed by atoms with van der Waals surface area (Å²) in [6, 6.07) is 12.3. The van der Waals surface area contributed by atoms with Crippen molar-refractivity contribution in [2.24, 2.45) is 0 Å². The van der Waals surface area contributed by atoms with Crippen LogP contribution in [0.25, 0.3) is 0 Å². The van der Waals surface area contributed by atoms with Crippen LogP contribution in [-0.4, -0.2) is 46.1 Å². The number of ether oxygens (including phenoxy) is 1. The molecule has 32 heavy (non-hydrogen) atoms. The third-order valence-electron chi connectivity index (χ3n) is 5.63. The minimum Gasteiger partial charge on any atom is -0.494 e. The van der Waals surface area contributed by atoms with Crippen LogP contribution in [0.3, 0.4) is 0 Å². The van der Waals surface area contributed by atoms with E-state index in [0.717, 1.165) is 30.0 Å². The van der Waals surface area contributed by atoms with Crippen LogP contribution in [0.4, 0.5) is 5.95 Å². The van der Waals surface area contributed by atoms with Crippen LogP contribution in [0.5, 0.6) is 5.75 Å². The van der Waals surface area contributed by atoms with Crippen molar-refractivity contribution in [2.75, 3.05) is 31.6 Å². The molecule has 0 aliphatic carbocycles. The van der Waals surface area contributed by atoms with Gasteiger partial charge in [0.05, 0.1) is 6.61 Å². The Kier molecular flexibility index (Phi) is 7.51. The molecule has 0 unspecified atom stereocenters. The molecule has 0 saturated carbocycles. The lowest BCUT2D eigenvalue weighted by Gasteiger charge is -2.15. The number of benzene rings is 1. The van der Waals surface area contributed by atoms with E-state index in [1.807, 2.05) is 25.1 Å². The van der Waals surface area contributed by atoms with Gasteiger partial charge in [-0.3, -0.25) is 19.7 Å². The van der Waals surface area contributed by atoms with Crippen molar-refractivity contribution in [3.63, 3.8) is 0 Å². The monoisotopic (exact) mass is 433 g/mol. The lowest BCUT2D eigenvalue weighted by molar-refractivity contribution is 0.310. The first-order valence-electron chi connectivity index (χ1n) is 11.3. The molecular weight excluding hydrogens is 402 g/mol. The summed E-state index contributed by atoms with van der Waals surface area (Å²) in [4.78, 5) is 26.3. The highest BCUT2D eigenvalue weighted by molar-refractivity contribution is 5.29. The number of pyridine rings is 1. The minimum absolute atomic E-state index is 0.130. The largest absolute Gasteiger partial charge is 0.494 e. The molecule has 0 spiro atoms. The van der Waals surface area contributed by atoms with Gasteiger partial charge in [0, 0.05) is 43.2 Å². The maximum atomic E-state index is 12.4. The number of nitrogens with one attached hydrogen (secondary N) is 2. The van der Waals surface area contributed by atoms with E-state index in [2.05, 4.69) is 43.4 Å². The topological polar surface area (TPSA) is 83.1 Å². The van der Waals surface area contributed by atoms with E-state index >= 15 is 0 Å². The molecule has 2 N–H and O–H groups in total. The van der Waals surface area contributed by atoms with Crippen LogP contribution >= 0.6 is 0 Å². The van der Waals surface area contributed by atoms with Gasteiger partial charge in [-0.1, -0.05) is 18.2 Å². The minimum atomic E-state index is -0.130. The fourth-order valence-corrected chi connectivity index (χ4v) is 3.86. The summed E-state index contributed by atoms with van der Waals surface area (Å²) in [5.41, 5.74) is 3.74. The lowest BCUT2D eigenvalue weighted by Crippen LogP contribution is -2.18. The van der Waals surface area contributed by atoms with Gasteiger partial charge in [0.25, 0.3) is 5.56 Å². The maximum absolute atomic E-state index is 12.4. The lowest BCUT2D eigenvalue weighted by atomic mass is 10.1. The maximum Gasteiger partial charge on any atom is 0.255 e. The first-order valence-corrected chi connectivity index (χ1v) is 11.3. The second-order valence-corrected chi connectivity index (χ2v) is 8.33. The number of anilines is 1. The summed E-state index contributed by atoms with van der Waals surface area (Å²) in [5, 5.41) is 3.16. The van der Waals surface area contributed by atoms with E-state index in [1.165, 1.54) is 31.5 Å². The third kappa shape index (κ3) is 6.40. The van der Waals surface area contributed by atoms with Crippen molar-refractivity contribution in [2.45, 2.75) is 39.2 Å². The summed E-state index contributed by atoms with van der Waals surface area (Å²) in [5.74, 6) is 1.39. The van der Waals surface area contributed by atoms with Gasteiger partial charge in [0.2, 0.25) is 5.95 Å². The zero-order valence-corrected chi connectivity index (χ0v) is 18.6. The molecule has 7 nitrogen and oxygen atoms in total. The number of hydrogen-bond acceptors (Lipinski definition) is 6. The molecule has 1 aromatic carbocycles. The Hall–Kier alpha value is -3.19. The van der Waals surface area contributed by atoms with Gasteiger partial charge in [-0.2, -0.15) is 0 Å². The number of aryl methyl sites for hydroxylation is 1. The highest BCUT2D eigenvalue weighted by atomic mass is 16.5. The van der Waals surface area contributed by atoms with Crippen LogP contribution in [0.2, 0.25) is 0 Å². The predicted octanol–water partition coefficient (Wildman–Crippen LogP) is 3.54. The molecule has 7 heteroatoms. The molecular formula is C25H31N5O2. The van der Waals surface area contributed by atoms with Gasteiger partial charge in [-0.05, 0) is 68.6 Å². The average molecular weight is 434 g/mol. The molecule has 3 aromatic rings. The molecule has 1 aliphatic rings. The molecule has 0 atom stereocenters. The Labute approximate surface area is 188 Å². The normalized spacial score (nSPS) is 13.9. The number of H-pyrrole nitrogens is 1. The van der Waals surface area contributed by atoms with Crippen LogP contribution in [0.1, 0.15) is 41.6 Å². The molecule has 2 aromatic heterocycles. The molecule has 1 aliphatic heterocycles. The van der Waals surface area contributed by atoms with E-state index in [0.29, 0.717) is 31.1 Å². The Balaban J connectivity index is 1.20. The van der Waals surface area contributed by atoms with Crippen molar-refractivity contribution in [3.05, 3.63) is 81.5 Å². The van der Waals surface area contributed by atoms with E-state index in [9.17, 15) is 4.79 Å². The van der Waals surface area contributed by atoms with Crippen molar-refractivity contribution >= 4 is 5.95 Å². The van der Waals surface area contributed by atoms with Gasteiger partial charge in [0.15, 0.2) is 0 Å². The number of nitrogens with zero attached hydrogens (tertiary/aromatic N) is 3. The standard InChI is InChI=1S/C25H31N5O2/c1-19-8-9-20(16-27-19)14-22-17-28-25(29-24(22)31)26-10-5-13-32-23-7-4-6-21(15-23)18-30-11-2-3-12-30/h4,6-9,15-17H,2-3,5,10-14,18H2,1H3,(H2,26,28,29,31). The molecule has 1 fully saturated rings. The molecule has 4 rings (SSSR count). The second kappa shape index (κ2) is 10.9. The van der Waals surface area contributed by atoms with E-state index in [4.69, 9.17) is 4.74 Å². The van der Waals surface area contributed by atoms with Gasteiger partial charge >= 0.3 is 0 Å². The van der Waals surface area contributed by atoms with E-state index < -0.39 is 0 Å². The van der Waals surface area contributed by atoms with Crippen LogP contribution in [0, 0.1) is 6.92 Å². The van der Waals surface area contributed by atoms with Gasteiger partial charge in [-0.15, -0.1) is 0 Å². The van der Waals surface area contributed by atoms with Crippen LogP contribution in [0.15, 0.2) is 53.6 Å². The summed E-state index contributed by atoms with van der Waals surface area (Å²) < 4.78 is 5.91. The zero-order valence-electron chi connectivity index (χ0n) is 18.6. The van der Waals surface area contributed by atoms with Crippen molar-refractivity contribution in [3.8, 4) is 5.75 Å². The fraction of sp³-hybridized carbons (Fsp3) is 0.400. The molecule has 0 amide bonds. The second-order valence-electron chi connectivity index (χ2n) is 8.33. The molecule has 1 saturated heterocycles. The Bertz CT molecular complexity index is 1060. The number of rotatable bonds is 10. The quantitative estimate of drug-likeness (QED) is 0.476.